The third kappa shape index (κ3) is 5.78. The zero-order chi connectivity index (χ0) is 23.8. The van der Waals surface area contributed by atoms with Gasteiger partial charge in [0.2, 0.25) is 0 Å². The molecule has 1 saturated heterocycles. The van der Waals surface area contributed by atoms with Crippen molar-refractivity contribution in [3.05, 3.63) is 71.9 Å². The number of nitrogens with zero attached hydrogens (tertiary/aromatic N) is 4. The topological polar surface area (TPSA) is 61.9 Å². The highest BCUT2D eigenvalue weighted by molar-refractivity contribution is 7.99. The molecule has 0 aliphatic carbocycles. The van der Waals surface area contributed by atoms with Crippen LogP contribution in [0.5, 0.6) is 0 Å². The van der Waals surface area contributed by atoms with E-state index in [2.05, 4.69) is 37.3 Å². The lowest BCUT2D eigenvalue weighted by Crippen LogP contribution is -2.36. The van der Waals surface area contributed by atoms with Crippen LogP contribution in [-0.4, -0.2) is 39.4 Å². The second-order valence-electron chi connectivity index (χ2n) is 8.46. The highest BCUT2D eigenvalue weighted by atomic mass is 32.2. The molecule has 4 rings (SSSR count). The Morgan fingerprint density at radius 2 is 1.82 bits per heavy atom. The van der Waals surface area contributed by atoms with E-state index in [0.29, 0.717) is 13.1 Å². The third-order valence-corrected chi connectivity index (χ3v) is 7.05. The molecule has 5 nitrogen and oxygen atoms in total. The maximum Gasteiger partial charge on any atom is 0.264 e. The van der Waals surface area contributed by atoms with Gasteiger partial charge in [-0.05, 0) is 61.8 Å². The minimum Gasteiger partial charge on any atom is -0.338 e. The summed E-state index contributed by atoms with van der Waals surface area (Å²) >= 11 is 1.86. The standard InChI is InChI=1S/C28H30N4OS/c1-2-3-18-34-26-14-12-22(13-15-26)27-24(21-32(30-27)25-10-6-4-7-11-25)19-23(20-29)28(33)31-16-8-5-9-17-31/h4,6-7,10-15,19,21H,2-3,5,8-9,16-18H2,1H3. The SMILES string of the molecule is CCCCSc1ccc(-c2nn(-c3ccccc3)cc2C=C(C#N)C(=O)N2CCCCC2)cc1. The number of benzene rings is 2. The first-order valence-corrected chi connectivity index (χ1v) is 13.0. The molecule has 1 aliphatic heterocycles. The lowest BCUT2D eigenvalue weighted by atomic mass is 10.0. The van der Waals surface area contributed by atoms with Crippen molar-refractivity contribution in [2.24, 2.45) is 0 Å². The number of amides is 1. The summed E-state index contributed by atoms with van der Waals surface area (Å²) in [4.78, 5) is 16.1. The highest BCUT2D eigenvalue weighted by Gasteiger charge is 2.21. The molecule has 2 aromatic carbocycles. The molecule has 3 aromatic rings. The number of carbonyl (C=O) groups excluding carboxylic acids is 1. The van der Waals surface area contributed by atoms with E-state index in [4.69, 9.17) is 5.10 Å². The van der Waals surface area contributed by atoms with Crippen molar-refractivity contribution in [1.82, 2.24) is 14.7 Å². The van der Waals surface area contributed by atoms with Crippen molar-refractivity contribution in [1.29, 1.82) is 5.26 Å². The van der Waals surface area contributed by atoms with Crippen LogP contribution in [0, 0.1) is 11.3 Å². The minimum absolute atomic E-state index is 0.155. The van der Waals surface area contributed by atoms with Crippen molar-refractivity contribution in [3.8, 4) is 23.0 Å². The fourth-order valence-electron chi connectivity index (χ4n) is 4.04. The van der Waals surface area contributed by atoms with E-state index in [0.717, 1.165) is 47.5 Å². The van der Waals surface area contributed by atoms with Crippen molar-refractivity contribution in [2.75, 3.05) is 18.8 Å². The Labute approximate surface area is 206 Å². The Hall–Kier alpha value is -3.30. The summed E-state index contributed by atoms with van der Waals surface area (Å²) < 4.78 is 1.81. The van der Waals surface area contributed by atoms with Gasteiger partial charge in [0.25, 0.3) is 5.91 Å². The summed E-state index contributed by atoms with van der Waals surface area (Å²) in [6.07, 6.45) is 9.10. The number of likely N-dealkylation sites (tertiary alicyclic amines) is 1. The Morgan fingerprint density at radius 3 is 2.50 bits per heavy atom. The third-order valence-electron chi connectivity index (χ3n) is 5.95. The van der Waals surface area contributed by atoms with Gasteiger partial charge in [-0.25, -0.2) is 4.68 Å². The van der Waals surface area contributed by atoms with Gasteiger partial charge in [0, 0.05) is 35.3 Å². The van der Waals surface area contributed by atoms with Crippen LogP contribution in [0.15, 0.2) is 71.3 Å². The van der Waals surface area contributed by atoms with Gasteiger partial charge >= 0.3 is 0 Å². The van der Waals surface area contributed by atoms with E-state index in [-0.39, 0.29) is 11.5 Å². The van der Waals surface area contributed by atoms with Crippen LogP contribution < -0.4 is 0 Å². The number of carbonyl (C=O) groups is 1. The van der Waals surface area contributed by atoms with Crippen LogP contribution in [-0.2, 0) is 4.79 Å². The number of hydrogen-bond donors (Lipinski definition) is 0. The van der Waals surface area contributed by atoms with Gasteiger partial charge in [-0.3, -0.25) is 4.79 Å². The molecule has 0 saturated carbocycles. The Morgan fingerprint density at radius 1 is 1.09 bits per heavy atom. The maximum atomic E-state index is 13.0. The first-order chi connectivity index (χ1) is 16.7. The van der Waals surface area contributed by atoms with E-state index in [1.165, 1.54) is 17.7 Å². The first-order valence-electron chi connectivity index (χ1n) is 12.0. The molecule has 2 heterocycles. The molecule has 174 valence electrons. The molecule has 1 amide bonds. The first kappa shape index (κ1) is 23.8. The van der Waals surface area contributed by atoms with E-state index < -0.39 is 0 Å². The summed E-state index contributed by atoms with van der Waals surface area (Å²) in [5, 5.41) is 14.7. The highest BCUT2D eigenvalue weighted by Crippen LogP contribution is 2.29. The van der Waals surface area contributed by atoms with Gasteiger partial charge < -0.3 is 4.90 Å². The molecule has 1 aromatic heterocycles. The maximum absolute atomic E-state index is 13.0. The summed E-state index contributed by atoms with van der Waals surface area (Å²) in [5.74, 6) is 0.916. The lowest BCUT2D eigenvalue weighted by molar-refractivity contribution is -0.127. The second-order valence-corrected chi connectivity index (χ2v) is 9.63. The van der Waals surface area contributed by atoms with Gasteiger partial charge in [-0.1, -0.05) is 43.7 Å². The molecule has 0 bridgehead atoms. The van der Waals surface area contributed by atoms with Crippen LogP contribution in [0.25, 0.3) is 23.0 Å². The van der Waals surface area contributed by atoms with Gasteiger partial charge in [0.1, 0.15) is 11.6 Å². The molecule has 34 heavy (non-hydrogen) atoms. The number of unbranched alkanes of at least 4 members (excludes halogenated alkanes) is 1. The van der Waals surface area contributed by atoms with Crippen molar-refractivity contribution in [3.63, 3.8) is 0 Å². The van der Waals surface area contributed by atoms with Crippen LogP contribution in [0.2, 0.25) is 0 Å². The van der Waals surface area contributed by atoms with Gasteiger partial charge in [-0.15, -0.1) is 11.8 Å². The fourth-order valence-corrected chi connectivity index (χ4v) is 5.04. The number of nitriles is 1. The lowest BCUT2D eigenvalue weighted by Gasteiger charge is -2.26. The molecule has 0 spiro atoms. The zero-order valence-corrected chi connectivity index (χ0v) is 20.4. The molecule has 0 radical (unpaired) electrons. The Balaban J connectivity index is 1.69. The number of rotatable bonds is 8. The average Bonchev–Trinajstić information content (AvgIpc) is 3.32. The second kappa shape index (κ2) is 11.7. The quantitative estimate of drug-likeness (QED) is 0.167. The number of aromatic nitrogens is 2. The van der Waals surface area contributed by atoms with Crippen LogP contribution in [0.4, 0.5) is 0 Å². The van der Waals surface area contributed by atoms with Crippen molar-refractivity contribution >= 4 is 23.7 Å². The smallest absolute Gasteiger partial charge is 0.264 e. The normalized spacial score (nSPS) is 14.1. The zero-order valence-electron chi connectivity index (χ0n) is 19.6. The van der Waals surface area contributed by atoms with E-state index in [1.807, 2.05) is 53.0 Å². The van der Waals surface area contributed by atoms with Crippen LogP contribution >= 0.6 is 11.8 Å². The monoisotopic (exact) mass is 470 g/mol. The molecule has 0 unspecified atom stereocenters. The average molecular weight is 471 g/mol. The summed E-state index contributed by atoms with van der Waals surface area (Å²) in [7, 11) is 0. The minimum atomic E-state index is -0.191. The number of para-hydroxylation sites is 1. The molecule has 6 heteroatoms. The van der Waals surface area contributed by atoms with Crippen LogP contribution in [0.3, 0.4) is 0 Å². The summed E-state index contributed by atoms with van der Waals surface area (Å²) in [6, 6.07) is 20.4. The summed E-state index contributed by atoms with van der Waals surface area (Å²) in [6.45, 7) is 3.63. The number of hydrogen-bond acceptors (Lipinski definition) is 4. The predicted molar refractivity (Wildman–Crippen MR) is 139 cm³/mol. The van der Waals surface area contributed by atoms with E-state index >= 15 is 0 Å². The largest absolute Gasteiger partial charge is 0.338 e. The van der Waals surface area contributed by atoms with Gasteiger partial charge in [0.05, 0.1) is 11.4 Å². The molecule has 0 atom stereocenters. The van der Waals surface area contributed by atoms with Crippen molar-refractivity contribution in [2.45, 2.75) is 43.9 Å². The molecule has 1 aliphatic rings. The van der Waals surface area contributed by atoms with E-state index in [1.54, 1.807) is 11.0 Å². The van der Waals surface area contributed by atoms with Gasteiger partial charge in [-0.2, -0.15) is 10.4 Å². The fraction of sp³-hybridized carbons (Fsp3) is 0.321. The van der Waals surface area contributed by atoms with Crippen LogP contribution in [0.1, 0.15) is 44.6 Å². The van der Waals surface area contributed by atoms with E-state index in [9.17, 15) is 10.1 Å². The number of piperidine rings is 1. The predicted octanol–water partition coefficient (Wildman–Crippen LogP) is 6.35. The molecular formula is C28H30N4OS. The Bertz CT molecular complexity index is 1170. The number of thioether (sulfide) groups is 1. The molecular weight excluding hydrogens is 440 g/mol. The molecule has 1 fully saturated rings. The van der Waals surface area contributed by atoms with Crippen molar-refractivity contribution < 1.29 is 4.79 Å². The van der Waals surface area contributed by atoms with Gasteiger partial charge in [0.15, 0.2) is 0 Å². The molecule has 0 N–H and O–H groups in total. The summed E-state index contributed by atoms with van der Waals surface area (Å²) in [5.41, 5.74) is 3.56. The Kier molecular flexibility index (Phi) is 8.21.